The van der Waals surface area contributed by atoms with Crippen LogP contribution in [0.15, 0.2) is 48.5 Å². The Hall–Kier alpha value is -2.57. The van der Waals surface area contributed by atoms with E-state index in [1.54, 1.807) is 17.0 Å². The predicted octanol–water partition coefficient (Wildman–Crippen LogP) is 1.76. The molecule has 3 aromatic rings. The van der Waals surface area contributed by atoms with Gasteiger partial charge >= 0.3 is 0 Å². The Morgan fingerprint density at radius 3 is 2.46 bits per heavy atom. The molecular weight excluding hydrogens is 331 g/mol. The zero-order valence-electron chi connectivity index (χ0n) is 14.5. The van der Waals surface area contributed by atoms with Gasteiger partial charge in [0.1, 0.15) is 24.6 Å². The molecular formula is C20H22FN4O+. The van der Waals surface area contributed by atoms with E-state index in [0.717, 1.165) is 67.2 Å². The van der Waals surface area contributed by atoms with Gasteiger partial charge in [-0.2, -0.15) is 0 Å². The average molecular weight is 353 g/mol. The second kappa shape index (κ2) is 7.76. The molecule has 5 nitrogen and oxygen atoms in total. The molecule has 2 aromatic carbocycles. The topological polar surface area (TPSA) is 51.5 Å². The molecule has 1 aromatic heterocycles. The van der Waals surface area contributed by atoms with Crippen LogP contribution in [0, 0.1) is 5.82 Å². The monoisotopic (exact) mass is 353 g/mol. The second-order valence-electron chi connectivity index (χ2n) is 6.49. The Bertz CT molecular complexity index is 879. The Morgan fingerprint density at radius 1 is 0.962 bits per heavy atom. The maximum atomic E-state index is 13.2. The molecule has 0 amide bonds. The first kappa shape index (κ1) is 16.9. The fourth-order valence-corrected chi connectivity index (χ4v) is 3.32. The largest absolute Gasteiger partial charge is 0.370 e. The van der Waals surface area contributed by atoms with E-state index in [-0.39, 0.29) is 5.82 Å². The van der Waals surface area contributed by atoms with Crippen molar-refractivity contribution in [1.82, 2.24) is 10.2 Å². The summed E-state index contributed by atoms with van der Waals surface area (Å²) in [4.78, 5) is 1.55. The molecule has 1 fully saturated rings. The molecule has 0 unspecified atom stereocenters. The summed E-state index contributed by atoms with van der Waals surface area (Å²) in [6.07, 6.45) is 0. The first-order valence-corrected chi connectivity index (χ1v) is 8.98. The van der Waals surface area contributed by atoms with Crippen LogP contribution in [-0.2, 0) is 4.74 Å². The third kappa shape index (κ3) is 3.66. The lowest BCUT2D eigenvalue weighted by atomic mass is 10.0. The Labute approximate surface area is 151 Å². The van der Waals surface area contributed by atoms with Crippen LogP contribution in [-0.4, -0.2) is 49.6 Å². The summed E-state index contributed by atoms with van der Waals surface area (Å²) in [5.74, 6) is 0.536. The molecule has 4 rings (SSSR count). The van der Waals surface area contributed by atoms with Gasteiger partial charge in [0.15, 0.2) is 5.82 Å². The van der Waals surface area contributed by atoms with Gasteiger partial charge < -0.3 is 15.0 Å². The molecule has 0 bridgehead atoms. The van der Waals surface area contributed by atoms with Gasteiger partial charge in [0, 0.05) is 16.3 Å². The van der Waals surface area contributed by atoms with Gasteiger partial charge in [-0.05, 0) is 24.3 Å². The van der Waals surface area contributed by atoms with Crippen molar-refractivity contribution < 1.29 is 14.0 Å². The molecule has 2 heterocycles. The van der Waals surface area contributed by atoms with Gasteiger partial charge in [-0.1, -0.05) is 24.3 Å². The molecule has 0 radical (unpaired) electrons. The Kier molecular flexibility index (Phi) is 5.04. The summed E-state index contributed by atoms with van der Waals surface area (Å²) in [5.41, 5.74) is 1.63. The van der Waals surface area contributed by atoms with Crippen molar-refractivity contribution in [3.63, 3.8) is 0 Å². The number of quaternary nitrogens is 1. The highest BCUT2D eigenvalue weighted by Crippen LogP contribution is 2.29. The number of anilines is 1. The summed E-state index contributed by atoms with van der Waals surface area (Å²) >= 11 is 0. The van der Waals surface area contributed by atoms with Crippen LogP contribution in [0.25, 0.3) is 22.0 Å². The van der Waals surface area contributed by atoms with E-state index >= 15 is 0 Å². The van der Waals surface area contributed by atoms with Crippen molar-refractivity contribution in [2.75, 3.05) is 44.7 Å². The molecule has 1 aliphatic rings. The summed E-state index contributed by atoms with van der Waals surface area (Å²) in [5, 5.41) is 14.3. The molecule has 0 atom stereocenters. The molecule has 26 heavy (non-hydrogen) atoms. The van der Waals surface area contributed by atoms with Gasteiger partial charge in [0.2, 0.25) is 0 Å². The van der Waals surface area contributed by atoms with E-state index in [9.17, 15) is 4.39 Å². The third-order valence-electron chi connectivity index (χ3n) is 4.78. The van der Waals surface area contributed by atoms with Crippen LogP contribution in [0.5, 0.6) is 0 Å². The molecule has 1 saturated heterocycles. The summed E-state index contributed by atoms with van der Waals surface area (Å²) < 4.78 is 18.6. The van der Waals surface area contributed by atoms with Gasteiger partial charge in [0.05, 0.1) is 26.3 Å². The summed E-state index contributed by atoms with van der Waals surface area (Å²) in [7, 11) is 0. The predicted molar refractivity (Wildman–Crippen MR) is 99.8 cm³/mol. The van der Waals surface area contributed by atoms with Gasteiger partial charge in [-0.3, -0.25) is 0 Å². The Morgan fingerprint density at radius 2 is 1.69 bits per heavy atom. The summed E-state index contributed by atoms with van der Waals surface area (Å²) in [6.45, 7) is 5.65. The van der Waals surface area contributed by atoms with Crippen molar-refractivity contribution in [3.8, 4) is 11.3 Å². The molecule has 0 aliphatic carbocycles. The fourth-order valence-electron chi connectivity index (χ4n) is 3.32. The van der Waals surface area contributed by atoms with E-state index in [1.165, 1.54) is 12.1 Å². The number of nitrogens with one attached hydrogen (secondary N) is 2. The molecule has 1 aliphatic heterocycles. The van der Waals surface area contributed by atoms with Gasteiger partial charge in [-0.15, -0.1) is 10.2 Å². The van der Waals surface area contributed by atoms with E-state index in [4.69, 9.17) is 4.74 Å². The number of aromatic nitrogens is 2. The van der Waals surface area contributed by atoms with Crippen LogP contribution in [0.4, 0.5) is 10.2 Å². The maximum Gasteiger partial charge on any atom is 0.156 e. The third-order valence-corrected chi connectivity index (χ3v) is 4.78. The van der Waals surface area contributed by atoms with Gasteiger partial charge in [-0.25, -0.2) is 4.39 Å². The van der Waals surface area contributed by atoms with Crippen LogP contribution >= 0.6 is 0 Å². The number of halogens is 1. The number of hydrogen-bond acceptors (Lipinski definition) is 4. The van der Waals surface area contributed by atoms with Crippen molar-refractivity contribution in [3.05, 3.63) is 54.3 Å². The second-order valence-corrected chi connectivity index (χ2v) is 6.49. The number of rotatable bonds is 5. The smallest absolute Gasteiger partial charge is 0.156 e. The van der Waals surface area contributed by atoms with Crippen molar-refractivity contribution in [2.45, 2.75) is 0 Å². The molecule has 0 saturated carbocycles. The van der Waals surface area contributed by atoms with Crippen molar-refractivity contribution in [1.29, 1.82) is 0 Å². The lowest BCUT2D eigenvalue weighted by molar-refractivity contribution is -0.906. The highest BCUT2D eigenvalue weighted by Gasteiger charge is 2.14. The lowest BCUT2D eigenvalue weighted by Crippen LogP contribution is -3.14. The number of fused-ring (bicyclic) bond motifs is 1. The van der Waals surface area contributed by atoms with Gasteiger partial charge in [0.25, 0.3) is 0 Å². The number of morpholine rings is 1. The highest BCUT2D eigenvalue weighted by atomic mass is 19.1. The zero-order valence-corrected chi connectivity index (χ0v) is 14.5. The molecule has 134 valence electrons. The first-order valence-electron chi connectivity index (χ1n) is 8.98. The minimum absolute atomic E-state index is 0.255. The lowest BCUT2D eigenvalue weighted by Gasteiger charge is -2.23. The maximum absolute atomic E-state index is 13.2. The molecule has 2 N–H and O–H groups in total. The SMILES string of the molecule is Fc1ccc(-c2nnc(NCC[NH+]3CCOCC3)c3ccccc23)cc1. The minimum Gasteiger partial charge on any atom is -0.370 e. The number of nitrogens with zero attached hydrogens (tertiary/aromatic N) is 2. The van der Waals surface area contributed by atoms with E-state index < -0.39 is 0 Å². The van der Waals surface area contributed by atoms with E-state index in [1.807, 2.05) is 24.3 Å². The average Bonchev–Trinajstić information content (AvgIpc) is 2.70. The van der Waals surface area contributed by atoms with Crippen LogP contribution in [0.1, 0.15) is 0 Å². The zero-order chi connectivity index (χ0) is 17.8. The number of benzene rings is 2. The van der Waals surface area contributed by atoms with Crippen LogP contribution in [0.2, 0.25) is 0 Å². The van der Waals surface area contributed by atoms with Crippen molar-refractivity contribution in [2.24, 2.45) is 0 Å². The normalized spacial score (nSPS) is 15.3. The first-order chi connectivity index (χ1) is 12.8. The van der Waals surface area contributed by atoms with Crippen LogP contribution < -0.4 is 10.2 Å². The number of ether oxygens (including phenoxy) is 1. The fraction of sp³-hybridized carbons (Fsp3) is 0.300. The van der Waals surface area contributed by atoms with E-state index in [0.29, 0.717) is 0 Å². The standard InChI is InChI=1S/C20H21FN4O/c21-16-7-5-15(6-8-16)19-17-3-1-2-4-18(17)20(24-23-19)22-9-10-25-11-13-26-14-12-25/h1-8H,9-14H2,(H,22,24)/p+1. The van der Waals surface area contributed by atoms with Crippen molar-refractivity contribution >= 4 is 16.6 Å². The van der Waals surface area contributed by atoms with E-state index in [2.05, 4.69) is 15.5 Å². The number of hydrogen-bond donors (Lipinski definition) is 2. The summed E-state index contributed by atoms with van der Waals surface area (Å²) in [6, 6.07) is 14.4. The minimum atomic E-state index is -0.255. The molecule has 0 spiro atoms. The Balaban J connectivity index is 1.56. The highest BCUT2D eigenvalue weighted by molar-refractivity contribution is 5.99. The van der Waals surface area contributed by atoms with Crippen LogP contribution in [0.3, 0.4) is 0 Å². The quantitative estimate of drug-likeness (QED) is 0.734. The molecule has 6 heteroatoms.